The van der Waals surface area contributed by atoms with Crippen molar-refractivity contribution in [3.63, 3.8) is 0 Å². The predicted octanol–water partition coefficient (Wildman–Crippen LogP) is 1.28. The number of esters is 1. The molecule has 0 aromatic rings. The van der Waals surface area contributed by atoms with Crippen LogP contribution in [0.4, 0.5) is 0 Å². The van der Waals surface area contributed by atoms with Crippen molar-refractivity contribution in [1.82, 2.24) is 0 Å². The van der Waals surface area contributed by atoms with Gasteiger partial charge in [0.1, 0.15) is 6.61 Å². The summed E-state index contributed by atoms with van der Waals surface area (Å²) in [7, 11) is 0. The van der Waals surface area contributed by atoms with E-state index in [1.165, 1.54) is 6.92 Å². The fourth-order valence-electron chi connectivity index (χ4n) is 0.325. The van der Waals surface area contributed by atoms with E-state index in [9.17, 15) is 4.79 Å². The van der Waals surface area contributed by atoms with Crippen LogP contribution in [0.25, 0.3) is 0 Å². The highest BCUT2D eigenvalue weighted by Crippen LogP contribution is 1.75. The molecule has 0 aromatic heterocycles. The molecule has 0 radical (unpaired) electrons. The third-order valence-electron chi connectivity index (χ3n) is 0.654. The average Bonchev–Trinajstić information content (AvgIpc) is 1.80. The average molecular weight is 126 g/mol. The molecule has 0 aromatic carbocycles. The minimum absolute atomic E-state index is 0.260. The smallest absolute Gasteiger partial charge is 0.302 e. The van der Waals surface area contributed by atoms with Gasteiger partial charge in [0.2, 0.25) is 0 Å². The Bertz CT molecular complexity index is 141. The molecular weight excluding hydrogens is 116 g/mol. The summed E-state index contributed by atoms with van der Waals surface area (Å²) in [4.78, 5) is 10.1. The first kappa shape index (κ1) is 7.99. The van der Waals surface area contributed by atoms with E-state index in [4.69, 9.17) is 0 Å². The van der Waals surface area contributed by atoms with E-state index >= 15 is 0 Å². The standard InChI is InChI=1S/C7H10O2/c1-3-4-5-6-9-7(2)8/h3,5H,6H2,1-2H3. The molecule has 0 atom stereocenters. The Morgan fingerprint density at radius 3 is 2.89 bits per heavy atom. The van der Waals surface area contributed by atoms with Crippen LogP contribution in [-0.2, 0) is 9.53 Å². The monoisotopic (exact) mass is 126 g/mol. The highest BCUT2D eigenvalue weighted by atomic mass is 16.5. The summed E-state index contributed by atoms with van der Waals surface area (Å²) in [6, 6.07) is 0. The topological polar surface area (TPSA) is 26.3 Å². The molecule has 0 N–H and O–H groups in total. The SMILES string of the molecule is CC=C=CCOC(C)=O. The Morgan fingerprint density at radius 1 is 1.78 bits per heavy atom. The molecule has 2 nitrogen and oxygen atoms in total. The van der Waals surface area contributed by atoms with Gasteiger partial charge in [0.25, 0.3) is 0 Å². The van der Waals surface area contributed by atoms with Gasteiger partial charge in [-0.15, -0.1) is 5.73 Å². The van der Waals surface area contributed by atoms with Crippen molar-refractivity contribution in [3.05, 3.63) is 17.9 Å². The Morgan fingerprint density at radius 2 is 2.44 bits per heavy atom. The van der Waals surface area contributed by atoms with Crippen molar-refractivity contribution in [2.45, 2.75) is 13.8 Å². The van der Waals surface area contributed by atoms with Gasteiger partial charge in [0, 0.05) is 6.92 Å². The second kappa shape index (κ2) is 5.13. The van der Waals surface area contributed by atoms with Crippen LogP contribution in [0.15, 0.2) is 17.9 Å². The fourth-order valence-corrected chi connectivity index (χ4v) is 0.325. The molecule has 50 valence electrons. The van der Waals surface area contributed by atoms with Crippen molar-refractivity contribution >= 4 is 5.97 Å². The Labute approximate surface area is 54.8 Å². The third-order valence-corrected chi connectivity index (χ3v) is 0.654. The van der Waals surface area contributed by atoms with Gasteiger partial charge in [-0.05, 0) is 19.1 Å². The van der Waals surface area contributed by atoms with E-state index in [2.05, 4.69) is 10.5 Å². The van der Waals surface area contributed by atoms with Crippen molar-refractivity contribution in [2.75, 3.05) is 6.61 Å². The van der Waals surface area contributed by atoms with Gasteiger partial charge >= 0.3 is 5.97 Å². The van der Waals surface area contributed by atoms with Gasteiger partial charge in [-0.1, -0.05) is 0 Å². The normalized spacial score (nSPS) is 7.33. The summed E-state index contributed by atoms with van der Waals surface area (Å²) in [5.41, 5.74) is 2.78. The highest BCUT2D eigenvalue weighted by molar-refractivity contribution is 5.65. The molecule has 0 rings (SSSR count). The minimum Gasteiger partial charge on any atom is -0.461 e. The zero-order valence-electron chi connectivity index (χ0n) is 5.68. The van der Waals surface area contributed by atoms with E-state index in [1.807, 2.05) is 6.92 Å². The molecule has 2 heteroatoms. The maximum atomic E-state index is 10.1. The van der Waals surface area contributed by atoms with Crippen LogP contribution >= 0.6 is 0 Å². The van der Waals surface area contributed by atoms with Crippen LogP contribution in [0.1, 0.15) is 13.8 Å². The van der Waals surface area contributed by atoms with Gasteiger partial charge in [-0.2, -0.15) is 0 Å². The molecule has 9 heavy (non-hydrogen) atoms. The van der Waals surface area contributed by atoms with Crippen LogP contribution in [-0.4, -0.2) is 12.6 Å². The second-order valence-electron chi connectivity index (χ2n) is 1.46. The van der Waals surface area contributed by atoms with Crippen LogP contribution < -0.4 is 0 Å². The summed E-state index contributed by atoms with van der Waals surface area (Å²) in [6.45, 7) is 3.55. The molecule has 0 spiro atoms. The number of carbonyl (C=O) groups is 1. The molecule has 0 aliphatic carbocycles. The van der Waals surface area contributed by atoms with E-state index < -0.39 is 0 Å². The predicted molar refractivity (Wildman–Crippen MR) is 35.0 cm³/mol. The molecule has 0 unspecified atom stereocenters. The molecule has 0 heterocycles. The lowest BCUT2D eigenvalue weighted by atomic mass is 10.6. The number of rotatable bonds is 2. The number of hydrogen-bond donors (Lipinski definition) is 0. The molecule has 0 saturated carbocycles. The van der Waals surface area contributed by atoms with E-state index in [1.54, 1.807) is 12.2 Å². The van der Waals surface area contributed by atoms with Gasteiger partial charge in [0.05, 0.1) is 0 Å². The molecular formula is C7H10O2. The van der Waals surface area contributed by atoms with Crippen LogP contribution in [0, 0.1) is 0 Å². The maximum Gasteiger partial charge on any atom is 0.302 e. The summed E-state index contributed by atoms with van der Waals surface area (Å²) in [6.07, 6.45) is 3.41. The van der Waals surface area contributed by atoms with E-state index in [0.717, 1.165) is 0 Å². The lowest BCUT2D eigenvalue weighted by Crippen LogP contribution is -1.96. The quantitative estimate of drug-likeness (QED) is 0.411. The van der Waals surface area contributed by atoms with Crippen molar-refractivity contribution < 1.29 is 9.53 Å². The lowest BCUT2D eigenvalue weighted by molar-refractivity contribution is -0.139. The fraction of sp³-hybridized carbons (Fsp3) is 0.429. The summed E-state index contributed by atoms with van der Waals surface area (Å²) < 4.78 is 4.57. The van der Waals surface area contributed by atoms with Crippen molar-refractivity contribution in [3.8, 4) is 0 Å². The van der Waals surface area contributed by atoms with Crippen LogP contribution in [0.5, 0.6) is 0 Å². The molecule has 0 bridgehead atoms. The first-order chi connectivity index (χ1) is 4.27. The Kier molecular flexibility index (Phi) is 4.56. The molecule has 0 amide bonds. The van der Waals surface area contributed by atoms with Crippen molar-refractivity contribution in [2.24, 2.45) is 0 Å². The first-order valence-corrected chi connectivity index (χ1v) is 2.76. The maximum absolute atomic E-state index is 10.1. The van der Waals surface area contributed by atoms with Gasteiger partial charge in [0.15, 0.2) is 0 Å². The zero-order chi connectivity index (χ0) is 7.11. The number of hydrogen-bond acceptors (Lipinski definition) is 2. The lowest BCUT2D eigenvalue weighted by Gasteiger charge is -1.91. The second-order valence-corrected chi connectivity index (χ2v) is 1.46. The minimum atomic E-state index is -0.260. The first-order valence-electron chi connectivity index (χ1n) is 2.76. The van der Waals surface area contributed by atoms with Crippen molar-refractivity contribution in [1.29, 1.82) is 0 Å². The number of ether oxygens (including phenoxy) is 1. The molecule has 0 aliphatic heterocycles. The Hall–Kier alpha value is -1.01. The van der Waals surface area contributed by atoms with Gasteiger partial charge in [-0.3, -0.25) is 4.79 Å². The molecule has 0 saturated heterocycles. The summed E-state index contributed by atoms with van der Waals surface area (Å²) in [5.74, 6) is -0.260. The van der Waals surface area contributed by atoms with E-state index in [0.29, 0.717) is 6.61 Å². The summed E-state index contributed by atoms with van der Waals surface area (Å²) in [5, 5.41) is 0. The molecule has 0 aliphatic rings. The largest absolute Gasteiger partial charge is 0.461 e. The highest BCUT2D eigenvalue weighted by Gasteiger charge is 1.84. The Balaban J connectivity index is 3.30. The van der Waals surface area contributed by atoms with E-state index in [-0.39, 0.29) is 5.97 Å². The number of carbonyl (C=O) groups excluding carboxylic acids is 1. The van der Waals surface area contributed by atoms with Gasteiger partial charge < -0.3 is 4.74 Å². The third kappa shape index (κ3) is 6.99. The van der Waals surface area contributed by atoms with Crippen LogP contribution in [0.2, 0.25) is 0 Å². The zero-order valence-corrected chi connectivity index (χ0v) is 5.68. The van der Waals surface area contributed by atoms with Gasteiger partial charge in [-0.25, -0.2) is 0 Å². The van der Waals surface area contributed by atoms with Crippen LogP contribution in [0.3, 0.4) is 0 Å². The molecule has 0 fully saturated rings. The summed E-state index contributed by atoms with van der Waals surface area (Å²) >= 11 is 0.